The average Bonchev–Trinajstić information content (AvgIpc) is 2.93. The molecule has 0 atom stereocenters. The van der Waals surface area contributed by atoms with Crippen molar-refractivity contribution in [2.45, 2.75) is 219 Å². The molecule has 0 bridgehead atoms. The Morgan fingerprint density at radius 3 is 0.732 bits per heavy atom. The summed E-state index contributed by atoms with van der Waals surface area (Å²) >= 11 is 0. The number of hydrogen-bond acceptors (Lipinski definition) is 3. The summed E-state index contributed by atoms with van der Waals surface area (Å²) in [6.45, 7) is 4.55. The van der Waals surface area contributed by atoms with Crippen molar-refractivity contribution in [1.82, 2.24) is 0 Å². The summed E-state index contributed by atoms with van der Waals surface area (Å²) in [7, 11) is 0. The van der Waals surface area contributed by atoms with Crippen LogP contribution in [0.15, 0.2) is 0 Å². The van der Waals surface area contributed by atoms with E-state index in [0.29, 0.717) is 12.8 Å². The van der Waals surface area contributed by atoms with Gasteiger partial charge in [0, 0.05) is 12.8 Å². The third-order valence-corrected chi connectivity index (χ3v) is 8.20. The second-order valence-electron chi connectivity index (χ2n) is 12.2. The van der Waals surface area contributed by atoms with Crippen LogP contribution >= 0.6 is 0 Å². The van der Waals surface area contributed by atoms with Crippen LogP contribution in [0.5, 0.6) is 0 Å². The summed E-state index contributed by atoms with van der Waals surface area (Å²) in [6.07, 6.45) is 40.1. The van der Waals surface area contributed by atoms with Crippen LogP contribution < -0.4 is 0 Å². The molecule has 0 aromatic heterocycles. The molecule has 0 aromatic rings. The number of hydrogen-bond donors (Lipinski definition) is 0. The summed E-state index contributed by atoms with van der Waals surface area (Å²) in [4.78, 5) is 23.8. The molecule has 0 rings (SSSR count). The van der Waals surface area contributed by atoms with Gasteiger partial charge in [0.15, 0.2) is 0 Å². The zero-order valence-corrected chi connectivity index (χ0v) is 31.9. The van der Waals surface area contributed by atoms with Gasteiger partial charge in [0.25, 0.3) is 0 Å². The van der Waals surface area contributed by atoms with Gasteiger partial charge >= 0.3 is 72.7 Å². The van der Waals surface area contributed by atoms with Gasteiger partial charge in [-0.25, -0.2) is 0 Å². The van der Waals surface area contributed by atoms with Gasteiger partial charge in [-0.3, -0.25) is 9.59 Å². The SMILES string of the molecule is CCCCCCCCCCCCCCCCCC(=O)OC(=O)CCCCCCCCCCCCCCCCC.[Ca+2].[H-].[H-].[H-].[H-].[Mg+2]. The molecule has 0 saturated carbocycles. The third kappa shape index (κ3) is 41.2. The minimum Gasteiger partial charge on any atom is -1.00 e. The molecule has 0 N–H and O–H groups in total. The van der Waals surface area contributed by atoms with Crippen LogP contribution in [0.2, 0.25) is 0 Å². The van der Waals surface area contributed by atoms with E-state index in [-0.39, 0.29) is 78.4 Å². The summed E-state index contributed by atoms with van der Waals surface area (Å²) in [6, 6.07) is 0. The Morgan fingerprint density at radius 1 is 0.366 bits per heavy atom. The van der Waals surface area contributed by atoms with Crippen molar-refractivity contribution >= 4 is 72.7 Å². The van der Waals surface area contributed by atoms with E-state index < -0.39 is 0 Å². The van der Waals surface area contributed by atoms with Crippen molar-refractivity contribution in [3.8, 4) is 0 Å². The van der Waals surface area contributed by atoms with Gasteiger partial charge in [-0.15, -0.1) is 0 Å². The van der Waals surface area contributed by atoms with Gasteiger partial charge in [-0.1, -0.05) is 194 Å². The smallest absolute Gasteiger partial charge is 1.00 e. The second kappa shape index (κ2) is 41.2. The van der Waals surface area contributed by atoms with Gasteiger partial charge in [-0.2, -0.15) is 0 Å². The van der Waals surface area contributed by atoms with Gasteiger partial charge in [0.1, 0.15) is 0 Å². The van der Waals surface area contributed by atoms with Crippen LogP contribution in [0.3, 0.4) is 0 Å². The normalized spacial score (nSPS) is 10.7. The minimum atomic E-state index is -0.323. The van der Waals surface area contributed by atoms with E-state index >= 15 is 0 Å². The fourth-order valence-corrected chi connectivity index (χ4v) is 5.51. The molecule has 0 heterocycles. The van der Waals surface area contributed by atoms with Crippen LogP contribution in [0.1, 0.15) is 225 Å². The van der Waals surface area contributed by atoms with Crippen LogP contribution in [0, 0.1) is 0 Å². The molecule has 5 heteroatoms. The van der Waals surface area contributed by atoms with Crippen molar-refractivity contribution in [2.75, 3.05) is 0 Å². The van der Waals surface area contributed by atoms with Crippen molar-refractivity contribution in [3.63, 3.8) is 0 Å². The maximum absolute atomic E-state index is 11.9. The molecule has 0 aliphatic rings. The Hall–Kier alpha value is 1.17. The maximum atomic E-state index is 11.9. The predicted octanol–water partition coefficient (Wildman–Crippen LogP) is 12.3. The van der Waals surface area contributed by atoms with E-state index in [1.165, 1.54) is 167 Å². The number of carbonyl (C=O) groups excluding carboxylic acids is 2. The number of rotatable bonds is 32. The molecule has 0 spiro atoms. The number of esters is 2. The molecule has 0 aliphatic carbocycles. The van der Waals surface area contributed by atoms with Crippen molar-refractivity contribution < 1.29 is 20.0 Å². The Kier molecular flexibility index (Phi) is 46.8. The minimum absolute atomic E-state index is 0. The number of unbranched alkanes of at least 4 members (excludes halogenated alkanes) is 28. The van der Waals surface area contributed by atoms with E-state index in [4.69, 9.17) is 4.74 Å². The molecule has 41 heavy (non-hydrogen) atoms. The summed E-state index contributed by atoms with van der Waals surface area (Å²) in [5.41, 5.74) is 0. The number of carbonyl (C=O) groups is 2. The molecule has 0 fully saturated rings. The standard InChI is InChI=1S/C36H70O3.Ca.Mg.4H/c1-3-5-7-9-11-13-15-17-19-21-23-25-27-29-31-33-35(37)39-36(38)34-32-30-28-26-24-22-20-18-16-14-12-10-8-6-4-2;;;;;;/h3-34H2,1-2H3;;;;;;/q;2*+2;4*-1. The van der Waals surface area contributed by atoms with Gasteiger partial charge < -0.3 is 10.4 Å². The Labute approximate surface area is 309 Å². The zero-order valence-electron chi connectivity index (χ0n) is 32.3. The number of ether oxygens (including phenoxy) is 1. The van der Waals surface area contributed by atoms with Crippen molar-refractivity contribution in [1.29, 1.82) is 0 Å². The molecule has 0 radical (unpaired) electrons. The van der Waals surface area contributed by atoms with E-state index in [1.54, 1.807) is 0 Å². The van der Waals surface area contributed by atoms with Gasteiger partial charge in [-0.05, 0) is 12.8 Å². The molecule has 0 unspecified atom stereocenters. The Morgan fingerprint density at radius 2 is 0.537 bits per heavy atom. The summed E-state index contributed by atoms with van der Waals surface area (Å²) < 4.78 is 5.01. The zero-order chi connectivity index (χ0) is 28.5. The molecular weight excluding hydrogens is 545 g/mol. The molecule has 3 nitrogen and oxygen atoms in total. The topological polar surface area (TPSA) is 43.4 Å². The van der Waals surface area contributed by atoms with Crippen LogP contribution in [-0.4, -0.2) is 72.7 Å². The quantitative estimate of drug-likeness (QED) is 0.0326. The van der Waals surface area contributed by atoms with Crippen molar-refractivity contribution in [2.24, 2.45) is 0 Å². The van der Waals surface area contributed by atoms with E-state index in [2.05, 4.69) is 13.8 Å². The molecule has 0 aliphatic heterocycles. The fraction of sp³-hybridized carbons (Fsp3) is 0.944. The maximum Gasteiger partial charge on any atom is 2.00 e. The van der Waals surface area contributed by atoms with Gasteiger partial charge in [0.05, 0.1) is 0 Å². The molecule has 240 valence electrons. The van der Waals surface area contributed by atoms with E-state index in [0.717, 1.165) is 25.7 Å². The monoisotopic (exact) mass is 619 g/mol. The first-order valence-electron chi connectivity index (χ1n) is 17.9. The van der Waals surface area contributed by atoms with E-state index in [9.17, 15) is 9.59 Å². The van der Waals surface area contributed by atoms with E-state index in [1.807, 2.05) is 0 Å². The first-order valence-corrected chi connectivity index (χ1v) is 17.9. The molecule has 0 saturated heterocycles. The summed E-state index contributed by atoms with van der Waals surface area (Å²) in [5, 5.41) is 0. The Bertz CT molecular complexity index is 491. The fourth-order valence-electron chi connectivity index (χ4n) is 5.51. The molecular formula is C36H74CaMgO3. The third-order valence-electron chi connectivity index (χ3n) is 8.20. The van der Waals surface area contributed by atoms with Crippen LogP contribution in [0.25, 0.3) is 0 Å². The average molecular weight is 619 g/mol. The predicted molar refractivity (Wildman–Crippen MR) is 186 cm³/mol. The first-order chi connectivity index (χ1) is 19.2. The summed E-state index contributed by atoms with van der Waals surface area (Å²) in [5.74, 6) is -0.647. The Balaban J connectivity index is -0.000000481. The molecule has 0 aromatic carbocycles. The van der Waals surface area contributed by atoms with Crippen molar-refractivity contribution in [3.05, 3.63) is 0 Å². The molecule has 0 amide bonds. The second-order valence-corrected chi connectivity index (χ2v) is 12.2. The van der Waals surface area contributed by atoms with Crippen LogP contribution in [-0.2, 0) is 14.3 Å². The largest absolute Gasteiger partial charge is 2.00 e. The van der Waals surface area contributed by atoms with Crippen LogP contribution in [0.4, 0.5) is 0 Å². The first kappa shape index (κ1) is 46.6. The van der Waals surface area contributed by atoms with Gasteiger partial charge in [0.2, 0.25) is 0 Å².